The van der Waals surface area contributed by atoms with Gasteiger partial charge in [0.1, 0.15) is 0 Å². The molecule has 0 spiro atoms. The minimum Gasteiger partial charge on any atom is -0.490 e. The molecule has 9 heteroatoms. The molecule has 2 N–H and O–H groups in total. The zero-order chi connectivity index (χ0) is 22.4. The van der Waals surface area contributed by atoms with Gasteiger partial charge in [-0.1, -0.05) is 11.3 Å². The molecule has 8 nitrogen and oxygen atoms in total. The van der Waals surface area contributed by atoms with E-state index in [-0.39, 0.29) is 11.8 Å². The number of hydrogen-bond donors (Lipinski definition) is 2. The summed E-state index contributed by atoms with van der Waals surface area (Å²) in [7, 11) is 0. The number of amides is 2. The Balaban J connectivity index is 1.88. The molecule has 0 saturated heterocycles. The molecule has 0 saturated carbocycles. The number of fused-ring (bicyclic) bond motifs is 1. The van der Waals surface area contributed by atoms with E-state index in [4.69, 9.17) is 14.2 Å². The summed E-state index contributed by atoms with van der Waals surface area (Å²) in [5, 5.41) is 6.08. The van der Waals surface area contributed by atoms with Crippen LogP contribution in [0.5, 0.6) is 17.2 Å². The Morgan fingerprint density at radius 2 is 1.58 bits per heavy atom. The number of nitrogens with one attached hydrogen (secondary N) is 2. The second-order valence-electron chi connectivity index (χ2n) is 6.44. The van der Waals surface area contributed by atoms with Crippen molar-refractivity contribution in [2.75, 3.05) is 30.5 Å². The fourth-order valence-electron chi connectivity index (χ4n) is 2.93. The van der Waals surface area contributed by atoms with Crippen molar-refractivity contribution >= 4 is 44.2 Å². The topological polar surface area (TPSA) is 98.8 Å². The van der Waals surface area contributed by atoms with Gasteiger partial charge in [-0.05, 0) is 51.1 Å². The fraction of sp³-hybridized carbons (Fsp3) is 0.318. The molecule has 0 unspecified atom stereocenters. The lowest BCUT2D eigenvalue weighted by molar-refractivity contribution is -0.114. The van der Waals surface area contributed by atoms with Crippen LogP contribution < -0.4 is 24.8 Å². The lowest BCUT2D eigenvalue weighted by atomic mass is 10.1. The van der Waals surface area contributed by atoms with Crippen LogP contribution in [0, 0.1) is 0 Å². The van der Waals surface area contributed by atoms with Gasteiger partial charge >= 0.3 is 0 Å². The monoisotopic (exact) mass is 443 g/mol. The summed E-state index contributed by atoms with van der Waals surface area (Å²) < 4.78 is 17.9. The molecule has 2 aromatic carbocycles. The van der Waals surface area contributed by atoms with Gasteiger partial charge in [0.05, 0.1) is 30.0 Å². The Hall–Kier alpha value is -3.33. The molecule has 0 fully saturated rings. The van der Waals surface area contributed by atoms with Gasteiger partial charge < -0.3 is 24.8 Å². The zero-order valence-electron chi connectivity index (χ0n) is 17.9. The Morgan fingerprint density at radius 3 is 2.16 bits per heavy atom. The third kappa shape index (κ3) is 5.43. The fourth-order valence-corrected chi connectivity index (χ4v) is 3.88. The summed E-state index contributed by atoms with van der Waals surface area (Å²) in [6.07, 6.45) is 0. The lowest BCUT2D eigenvalue weighted by Crippen LogP contribution is -2.13. The minimum atomic E-state index is -0.309. The molecule has 0 aliphatic carbocycles. The van der Waals surface area contributed by atoms with Crippen molar-refractivity contribution in [1.29, 1.82) is 0 Å². The number of carbonyl (C=O) groups is 2. The third-order valence-corrected chi connectivity index (χ3v) is 5.03. The number of benzene rings is 2. The van der Waals surface area contributed by atoms with E-state index >= 15 is 0 Å². The molecule has 31 heavy (non-hydrogen) atoms. The summed E-state index contributed by atoms with van der Waals surface area (Å²) in [5.74, 6) is 0.908. The average Bonchev–Trinajstić information content (AvgIpc) is 3.11. The normalized spacial score (nSPS) is 10.6. The number of rotatable bonds is 9. The molecular weight excluding hydrogens is 418 g/mol. The van der Waals surface area contributed by atoms with Gasteiger partial charge in [-0.2, -0.15) is 0 Å². The van der Waals surface area contributed by atoms with Crippen LogP contribution in [0.25, 0.3) is 10.2 Å². The molecule has 3 rings (SSSR count). The second-order valence-corrected chi connectivity index (χ2v) is 7.47. The van der Waals surface area contributed by atoms with Gasteiger partial charge in [-0.25, -0.2) is 4.98 Å². The van der Waals surface area contributed by atoms with Crippen molar-refractivity contribution in [3.05, 3.63) is 35.9 Å². The first kappa shape index (κ1) is 22.4. The summed E-state index contributed by atoms with van der Waals surface area (Å²) in [6.45, 7) is 8.33. The highest BCUT2D eigenvalue weighted by molar-refractivity contribution is 7.22. The van der Waals surface area contributed by atoms with Crippen molar-refractivity contribution in [3.63, 3.8) is 0 Å². The maximum absolute atomic E-state index is 13.0. The number of ether oxygens (including phenoxy) is 3. The molecule has 0 bridgehead atoms. The molecule has 164 valence electrons. The molecule has 1 heterocycles. The van der Waals surface area contributed by atoms with Crippen LogP contribution in [0.15, 0.2) is 30.3 Å². The SMILES string of the molecule is CCOc1cc(C(=O)Nc2ccc3nc(NC(C)=O)sc3c2)cc(OCC)c1OCC. The number of aromatic nitrogens is 1. The van der Waals surface area contributed by atoms with E-state index in [1.165, 1.54) is 18.3 Å². The van der Waals surface area contributed by atoms with Crippen LogP contribution in [0.4, 0.5) is 10.8 Å². The van der Waals surface area contributed by atoms with Gasteiger partial charge in [0.15, 0.2) is 16.6 Å². The van der Waals surface area contributed by atoms with Crippen molar-refractivity contribution in [3.8, 4) is 17.2 Å². The maximum atomic E-state index is 13.0. The van der Waals surface area contributed by atoms with Crippen LogP contribution in [-0.2, 0) is 4.79 Å². The Morgan fingerprint density at radius 1 is 0.935 bits per heavy atom. The standard InChI is InChI=1S/C22H25N3O5S/c1-5-28-17-10-14(11-18(29-6-2)20(17)30-7-3)21(27)24-15-8-9-16-19(12-15)31-22(25-16)23-13(4)26/h8-12H,5-7H2,1-4H3,(H,24,27)(H,23,25,26). The van der Waals surface area contributed by atoms with E-state index in [9.17, 15) is 9.59 Å². The van der Waals surface area contributed by atoms with Crippen molar-refractivity contribution in [2.45, 2.75) is 27.7 Å². The van der Waals surface area contributed by atoms with E-state index in [2.05, 4.69) is 15.6 Å². The summed E-state index contributed by atoms with van der Waals surface area (Å²) >= 11 is 1.34. The van der Waals surface area contributed by atoms with Crippen LogP contribution in [0.2, 0.25) is 0 Å². The number of anilines is 2. The maximum Gasteiger partial charge on any atom is 0.255 e. The number of nitrogens with zero attached hydrogens (tertiary/aromatic N) is 1. The molecule has 1 aromatic heterocycles. The van der Waals surface area contributed by atoms with Crippen LogP contribution in [0.1, 0.15) is 38.1 Å². The van der Waals surface area contributed by atoms with Gasteiger partial charge in [0.2, 0.25) is 11.7 Å². The van der Waals surface area contributed by atoms with Gasteiger partial charge in [-0.3, -0.25) is 9.59 Å². The highest BCUT2D eigenvalue weighted by Crippen LogP contribution is 2.39. The van der Waals surface area contributed by atoms with Crippen molar-refractivity contribution in [2.24, 2.45) is 0 Å². The largest absolute Gasteiger partial charge is 0.490 e. The molecule has 0 aliphatic heterocycles. The molecule has 0 aliphatic rings. The zero-order valence-corrected chi connectivity index (χ0v) is 18.7. The van der Waals surface area contributed by atoms with Crippen LogP contribution in [0.3, 0.4) is 0 Å². The highest BCUT2D eigenvalue weighted by Gasteiger charge is 2.19. The third-order valence-electron chi connectivity index (χ3n) is 4.10. The van der Waals surface area contributed by atoms with E-state index in [1.54, 1.807) is 24.3 Å². The van der Waals surface area contributed by atoms with Gasteiger partial charge in [0, 0.05) is 18.2 Å². The van der Waals surface area contributed by atoms with E-state index in [1.807, 2.05) is 26.8 Å². The summed E-state index contributed by atoms with van der Waals surface area (Å²) in [5.41, 5.74) is 1.74. The number of carbonyl (C=O) groups excluding carboxylic acids is 2. The first-order valence-electron chi connectivity index (χ1n) is 10.0. The predicted octanol–water partition coefficient (Wildman–Crippen LogP) is 4.70. The van der Waals surface area contributed by atoms with Crippen LogP contribution in [-0.4, -0.2) is 36.6 Å². The summed E-state index contributed by atoms with van der Waals surface area (Å²) in [6, 6.07) is 8.66. The molecule has 0 radical (unpaired) electrons. The minimum absolute atomic E-state index is 0.182. The molecular formula is C22H25N3O5S. The Labute approximate surface area is 184 Å². The van der Waals surface area contributed by atoms with Gasteiger partial charge in [-0.15, -0.1) is 0 Å². The van der Waals surface area contributed by atoms with E-state index in [0.29, 0.717) is 53.5 Å². The number of thiazole rings is 1. The highest BCUT2D eigenvalue weighted by atomic mass is 32.1. The Bertz CT molecular complexity index is 1070. The predicted molar refractivity (Wildman–Crippen MR) is 122 cm³/mol. The lowest BCUT2D eigenvalue weighted by Gasteiger charge is -2.17. The first-order valence-corrected chi connectivity index (χ1v) is 10.8. The quantitative estimate of drug-likeness (QED) is 0.497. The van der Waals surface area contributed by atoms with E-state index < -0.39 is 0 Å². The van der Waals surface area contributed by atoms with Crippen LogP contribution >= 0.6 is 11.3 Å². The molecule has 0 atom stereocenters. The van der Waals surface area contributed by atoms with Crippen molar-refractivity contribution in [1.82, 2.24) is 4.98 Å². The molecule has 2 amide bonds. The van der Waals surface area contributed by atoms with Crippen molar-refractivity contribution < 1.29 is 23.8 Å². The average molecular weight is 444 g/mol. The smallest absolute Gasteiger partial charge is 0.255 e. The molecule has 3 aromatic rings. The second kappa shape index (κ2) is 10.1. The van der Waals surface area contributed by atoms with E-state index in [0.717, 1.165) is 10.2 Å². The summed E-state index contributed by atoms with van der Waals surface area (Å²) in [4.78, 5) is 28.5. The Kier molecular flexibility index (Phi) is 7.30. The van der Waals surface area contributed by atoms with Gasteiger partial charge in [0.25, 0.3) is 5.91 Å². The first-order chi connectivity index (χ1) is 14.9. The number of hydrogen-bond acceptors (Lipinski definition) is 7.